The monoisotopic (exact) mass is 378 g/mol. The topological polar surface area (TPSA) is 36.9 Å². The van der Waals surface area contributed by atoms with Gasteiger partial charge in [-0.25, -0.2) is 0 Å². The molecule has 1 aliphatic carbocycles. The zero-order chi connectivity index (χ0) is 19.5. The zero-order valence-electron chi connectivity index (χ0n) is 17.6. The van der Waals surface area contributed by atoms with E-state index in [2.05, 4.69) is 39.9 Å². The molecule has 0 bridgehead atoms. The fourth-order valence-electron chi connectivity index (χ4n) is 3.11. The second-order valence-corrected chi connectivity index (χ2v) is 13.1. The highest BCUT2D eigenvalue weighted by Gasteiger charge is 2.37. The Morgan fingerprint density at radius 1 is 1.04 bits per heavy atom. The molecule has 1 aromatic carbocycles. The number of benzene rings is 1. The van der Waals surface area contributed by atoms with E-state index < -0.39 is 8.32 Å². The first kappa shape index (κ1) is 21.0. The summed E-state index contributed by atoms with van der Waals surface area (Å²) in [5, 5.41) is 0.238. The van der Waals surface area contributed by atoms with Crippen molar-refractivity contribution in [1.29, 1.82) is 0 Å². The van der Waals surface area contributed by atoms with Crippen LogP contribution in [0.2, 0.25) is 18.1 Å². The Balaban J connectivity index is 2.13. The number of allylic oxidation sites excluding steroid dienone is 1. The average molecular weight is 379 g/mol. The third kappa shape index (κ3) is 4.16. The summed E-state index contributed by atoms with van der Waals surface area (Å²) in [6.45, 7) is 12.2. The highest BCUT2D eigenvalue weighted by atomic mass is 28.4. The van der Waals surface area contributed by atoms with Crippen molar-refractivity contribution in [3.8, 4) is 5.75 Å². The highest BCUT2D eigenvalue weighted by Crippen LogP contribution is 2.46. The van der Waals surface area contributed by atoms with Crippen molar-refractivity contribution in [2.45, 2.75) is 57.8 Å². The van der Waals surface area contributed by atoms with Crippen molar-refractivity contribution in [3.63, 3.8) is 0 Å². The Morgan fingerprint density at radius 3 is 2.27 bits per heavy atom. The van der Waals surface area contributed by atoms with Crippen molar-refractivity contribution in [3.05, 3.63) is 35.1 Å². The summed E-state index contributed by atoms with van der Waals surface area (Å²) in [5.41, 5.74) is 3.53. The van der Waals surface area contributed by atoms with Crippen LogP contribution in [0.4, 0.5) is 0 Å². The molecule has 1 unspecified atom stereocenters. The Kier molecular flexibility index (Phi) is 6.59. The number of ether oxygens (including phenoxy) is 3. The van der Waals surface area contributed by atoms with Crippen LogP contribution in [-0.4, -0.2) is 36.3 Å². The minimum absolute atomic E-state index is 0.165. The molecule has 1 aromatic rings. The minimum atomic E-state index is -1.70. The van der Waals surface area contributed by atoms with Crippen LogP contribution in [-0.2, 0) is 13.9 Å². The van der Waals surface area contributed by atoms with Crippen molar-refractivity contribution in [1.82, 2.24) is 0 Å². The van der Waals surface area contributed by atoms with Gasteiger partial charge in [0.2, 0.25) is 0 Å². The van der Waals surface area contributed by atoms with Gasteiger partial charge in [0.25, 0.3) is 0 Å². The first-order valence-electron chi connectivity index (χ1n) is 9.28. The Labute approximate surface area is 159 Å². The first-order chi connectivity index (χ1) is 12.2. The smallest absolute Gasteiger partial charge is 0.191 e. The van der Waals surface area contributed by atoms with Crippen molar-refractivity contribution in [2.24, 2.45) is 0 Å². The maximum absolute atomic E-state index is 6.32. The molecule has 0 radical (unpaired) electrons. The normalized spacial score (nSPS) is 17.5. The van der Waals surface area contributed by atoms with Gasteiger partial charge in [-0.2, -0.15) is 0 Å². The van der Waals surface area contributed by atoms with Crippen LogP contribution < -0.4 is 4.74 Å². The van der Waals surface area contributed by atoms with E-state index in [4.69, 9.17) is 18.6 Å². The molecule has 0 saturated heterocycles. The molecule has 2 rings (SSSR count). The van der Waals surface area contributed by atoms with Gasteiger partial charge in [0.05, 0.1) is 14.2 Å². The molecule has 0 amide bonds. The van der Waals surface area contributed by atoms with Crippen molar-refractivity contribution >= 4 is 13.9 Å². The minimum Gasteiger partial charge on any atom is -0.498 e. The molecule has 0 aromatic heterocycles. The summed E-state index contributed by atoms with van der Waals surface area (Å²) in [6, 6.07) is 6.15. The Bertz CT molecular complexity index is 658. The molecule has 26 heavy (non-hydrogen) atoms. The number of rotatable bonds is 8. The van der Waals surface area contributed by atoms with Crippen molar-refractivity contribution in [2.75, 3.05) is 27.9 Å². The Morgan fingerprint density at radius 2 is 1.73 bits per heavy atom. The quantitative estimate of drug-likeness (QED) is 0.438. The van der Waals surface area contributed by atoms with Crippen molar-refractivity contribution < 1.29 is 18.6 Å². The van der Waals surface area contributed by atoms with E-state index in [9.17, 15) is 0 Å². The number of fused-ring (bicyclic) bond motifs is 1. The van der Waals surface area contributed by atoms with E-state index in [1.165, 1.54) is 11.1 Å². The lowest BCUT2D eigenvalue weighted by atomic mass is 10.0. The third-order valence-electron chi connectivity index (χ3n) is 5.70. The SMILES string of the molecule is COC1=C(CCCO[Si](C)(C)C(C)(C)C)c2ccc(OC)cc2C1OC. The van der Waals surface area contributed by atoms with Crippen LogP contribution in [0.15, 0.2) is 24.0 Å². The van der Waals surface area contributed by atoms with E-state index in [0.29, 0.717) is 0 Å². The predicted molar refractivity (Wildman–Crippen MR) is 109 cm³/mol. The average Bonchev–Trinajstić information content (AvgIpc) is 2.89. The molecule has 5 heteroatoms. The predicted octanol–water partition coefficient (Wildman–Crippen LogP) is 5.56. The molecule has 0 saturated carbocycles. The van der Waals surface area contributed by atoms with Gasteiger partial charge in [-0.3, -0.25) is 0 Å². The largest absolute Gasteiger partial charge is 0.498 e. The fourth-order valence-corrected chi connectivity index (χ4v) is 4.19. The molecular formula is C21H34O4Si. The molecule has 0 fully saturated rings. The highest BCUT2D eigenvalue weighted by molar-refractivity contribution is 6.74. The lowest BCUT2D eigenvalue weighted by Crippen LogP contribution is -2.40. The zero-order valence-corrected chi connectivity index (χ0v) is 18.6. The lowest BCUT2D eigenvalue weighted by Gasteiger charge is -2.36. The number of hydrogen-bond acceptors (Lipinski definition) is 4. The van der Waals surface area contributed by atoms with Crippen LogP contribution in [0.5, 0.6) is 5.75 Å². The molecule has 0 N–H and O–H groups in total. The lowest BCUT2D eigenvalue weighted by molar-refractivity contribution is 0.0831. The van der Waals surface area contributed by atoms with Gasteiger partial charge in [-0.05, 0) is 54.2 Å². The summed E-state index contributed by atoms with van der Waals surface area (Å²) in [6.07, 6.45) is 1.72. The van der Waals surface area contributed by atoms with Gasteiger partial charge < -0.3 is 18.6 Å². The second kappa shape index (κ2) is 8.15. The van der Waals surface area contributed by atoms with Crippen LogP contribution in [0.3, 0.4) is 0 Å². The standard InChI is InChI=1S/C21H34O4Si/c1-21(2,3)26(7,8)25-13-9-10-17-16-12-11-15(22-4)14-18(16)20(24-6)19(17)23-5/h11-12,14,20H,9-10,13H2,1-8H3. The number of hydrogen-bond donors (Lipinski definition) is 0. The van der Waals surface area contributed by atoms with E-state index in [1.807, 2.05) is 12.1 Å². The summed E-state index contributed by atoms with van der Waals surface area (Å²) >= 11 is 0. The van der Waals surface area contributed by atoms with Gasteiger partial charge in [-0.15, -0.1) is 0 Å². The summed E-state index contributed by atoms with van der Waals surface area (Å²) in [7, 11) is 3.42. The van der Waals surface area contributed by atoms with E-state index >= 15 is 0 Å². The van der Waals surface area contributed by atoms with Crippen LogP contribution in [0, 0.1) is 0 Å². The van der Waals surface area contributed by atoms with Gasteiger partial charge in [0.15, 0.2) is 8.32 Å². The van der Waals surface area contributed by atoms with Crippen LogP contribution in [0.25, 0.3) is 5.57 Å². The van der Waals surface area contributed by atoms with Crippen LogP contribution >= 0.6 is 0 Å². The van der Waals surface area contributed by atoms with Gasteiger partial charge in [-0.1, -0.05) is 26.8 Å². The van der Waals surface area contributed by atoms with Gasteiger partial charge >= 0.3 is 0 Å². The second-order valence-electron chi connectivity index (χ2n) is 8.33. The maximum Gasteiger partial charge on any atom is 0.191 e. The molecule has 1 aliphatic rings. The van der Waals surface area contributed by atoms with E-state index in [1.54, 1.807) is 21.3 Å². The first-order valence-corrected chi connectivity index (χ1v) is 12.2. The summed E-state index contributed by atoms with van der Waals surface area (Å²) in [5.74, 6) is 1.74. The molecule has 4 nitrogen and oxygen atoms in total. The number of methoxy groups -OCH3 is 3. The molecule has 146 valence electrons. The molecule has 0 aliphatic heterocycles. The van der Waals surface area contributed by atoms with E-state index in [0.717, 1.165) is 36.5 Å². The van der Waals surface area contributed by atoms with E-state index in [-0.39, 0.29) is 11.1 Å². The summed E-state index contributed by atoms with van der Waals surface area (Å²) < 4.78 is 23.1. The molecule has 0 heterocycles. The molecule has 1 atom stereocenters. The van der Waals surface area contributed by atoms with Gasteiger partial charge in [0, 0.05) is 19.3 Å². The summed E-state index contributed by atoms with van der Waals surface area (Å²) in [4.78, 5) is 0. The molecular weight excluding hydrogens is 344 g/mol. The molecule has 0 spiro atoms. The van der Waals surface area contributed by atoms with Gasteiger partial charge in [0.1, 0.15) is 17.6 Å². The maximum atomic E-state index is 6.32. The Hall–Kier alpha value is -1.30. The third-order valence-corrected chi connectivity index (χ3v) is 10.2. The fraction of sp³-hybridized carbons (Fsp3) is 0.619. The van der Waals surface area contributed by atoms with Crippen LogP contribution in [0.1, 0.15) is 50.8 Å².